The van der Waals surface area contributed by atoms with Crippen LogP contribution in [0.3, 0.4) is 0 Å². The van der Waals surface area contributed by atoms with Gasteiger partial charge in [-0.3, -0.25) is 0 Å². The van der Waals surface area contributed by atoms with E-state index in [-0.39, 0.29) is 16.7 Å². The Bertz CT molecular complexity index is 612. The van der Waals surface area contributed by atoms with Crippen molar-refractivity contribution in [3.8, 4) is 0 Å². The maximum Gasteiger partial charge on any atom is 0.408 e. The van der Waals surface area contributed by atoms with Gasteiger partial charge in [0.2, 0.25) is 0 Å². The van der Waals surface area contributed by atoms with Gasteiger partial charge in [-0.15, -0.1) is 0 Å². The maximum absolute atomic E-state index is 12.9. The molecule has 0 saturated carbocycles. The largest absolute Gasteiger partial charge is 0.408 e. The summed E-state index contributed by atoms with van der Waals surface area (Å²) in [4.78, 5) is 9.95. The van der Waals surface area contributed by atoms with Gasteiger partial charge in [0.1, 0.15) is 5.82 Å². The van der Waals surface area contributed by atoms with Crippen LogP contribution >= 0.6 is 11.6 Å². The molecule has 1 aromatic carbocycles. The second-order valence-corrected chi connectivity index (χ2v) is 4.23. The third-order valence-electron chi connectivity index (χ3n) is 2.51. The van der Waals surface area contributed by atoms with Gasteiger partial charge in [0, 0.05) is 0 Å². The van der Waals surface area contributed by atoms with E-state index in [1.54, 1.807) is 13.0 Å². The smallest absolute Gasteiger partial charge is 0.358 e. The molecule has 1 heterocycles. The van der Waals surface area contributed by atoms with E-state index in [0.717, 1.165) is 11.1 Å². The molecule has 1 aromatic heterocycles. The average Bonchev–Trinajstić information content (AvgIpc) is 2.64. The highest BCUT2D eigenvalue weighted by Crippen LogP contribution is 2.22. The molecule has 5 nitrogen and oxygen atoms in total. The SMILES string of the molecule is Cc1cc(F)ccc1Cn1cc(Cl)c([N+](=O)[O-])n1. The summed E-state index contributed by atoms with van der Waals surface area (Å²) in [5.41, 5.74) is 1.58. The van der Waals surface area contributed by atoms with Crippen LogP contribution in [-0.2, 0) is 6.54 Å². The number of aromatic nitrogens is 2. The van der Waals surface area contributed by atoms with Crippen molar-refractivity contribution in [2.75, 3.05) is 0 Å². The molecule has 0 bridgehead atoms. The Morgan fingerprint density at radius 2 is 2.28 bits per heavy atom. The van der Waals surface area contributed by atoms with Crippen LogP contribution in [0.2, 0.25) is 5.02 Å². The summed E-state index contributed by atoms with van der Waals surface area (Å²) in [7, 11) is 0. The number of hydrogen-bond donors (Lipinski definition) is 0. The Morgan fingerprint density at radius 1 is 1.56 bits per heavy atom. The highest BCUT2D eigenvalue weighted by Gasteiger charge is 2.19. The molecule has 0 amide bonds. The monoisotopic (exact) mass is 269 g/mol. The fourth-order valence-corrected chi connectivity index (χ4v) is 1.82. The van der Waals surface area contributed by atoms with Crippen molar-refractivity contribution in [3.05, 3.63) is 56.5 Å². The topological polar surface area (TPSA) is 61.0 Å². The second-order valence-electron chi connectivity index (χ2n) is 3.83. The molecule has 7 heteroatoms. The number of halogens is 2. The molecule has 0 atom stereocenters. The molecular weight excluding hydrogens is 261 g/mol. The summed E-state index contributed by atoms with van der Waals surface area (Å²) in [6.45, 7) is 2.07. The van der Waals surface area contributed by atoms with Crippen molar-refractivity contribution >= 4 is 17.4 Å². The zero-order chi connectivity index (χ0) is 13.3. The van der Waals surface area contributed by atoms with Crippen LogP contribution in [0.4, 0.5) is 10.2 Å². The number of benzene rings is 1. The summed E-state index contributed by atoms with van der Waals surface area (Å²) < 4.78 is 14.3. The first-order chi connectivity index (χ1) is 8.47. The van der Waals surface area contributed by atoms with Crippen molar-refractivity contribution in [3.63, 3.8) is 0 Å². The summed E-state index contributed by atoms with van der Waals surface area (Å²) in [6.07, 6.45) is 1.38. The standard InChI is InChI=1S/C11H9ClFN3O2/c1-7-4-9(13)3-2-8(7)5-15-6-10(12)11(14-15)16(17)18/h2-4,6H,5H2,1H3. The summed E-state index contributed by atoms with van der Waals surface area (Å²) in [6, 6.07) is 4.35. The first-order valence-corrected chi connectivity index (χ1v) is 5.47. The molecule has 0 N–H and O–H groups in total. The van der Waals surface area contributed by atoms with E-state index >= 15 is 0 Å². The Kier molecular flexibility index (Phi) is 3.29. The van der Waals surface area contributed by atoms with Gasteiger partial charge in [0.15, 0.2) is 5.02 Å². The van der Waals surface area contributed by atoms with Crippen molar-refractivity contribution in [2.45, 2.75) is 13.5 Å². The first-order valence-electron chi connectivity index (χ1n) is 5.10. The minimum atomic E-state index is -0.643. The highest BCUT2D eigenvalue weighted by molar-refractivity contribution is 6.32. The molecular formula is C11H9ClFN3O2. The van der Waals surface area contributed by atoms with Crippen LogP contribution in [0.1, 0.15) is 11.1 Å². The Morgan fingerprint density at radius 3 is 2.83 bits per heavy atom. The molecule has 0 saturated heterocycles. The van der Waals surface area contributed by atoms with E-state index in [0.29, 0.717) is 6.54 Å². The minimum absolute atomic E-state index is 0.0141. The van der Waals surface area contributed by atoms with E-state index in [2.05, 4.69) is 5.10 Å². The number of rotatable bonds is 3. The summed E-state index contributed by atoms with van der Waals surface area (Å²) >= 11 is 5.69. The van der Waals surface area contributed by atoms with Crippen LogP contribution in [0.5, 0.6) is 0 Å². The molecule has 0 aliphatic carbocycles. The predicted octanol–water partition coefficient (Wildman–Crippen LogP) is 2.94. The minimum Gasteiger partial charge on any atom is -0.358 e. The van der Waals surface area contributed by atoms with Gasteiger partial charge in [-0.2, -0.15) is 4.68 Å². The van der Waals surface area contributed by atoms with Crippen LogP contribution in [0, 0.1) is 22.9 Å². The third kappa shape index (κ3) is 2.48. The number of nitrogens with zero attached hydrogens (tertiary/aromatic N) is 3. The van der Waals surface area contributed by atoms with E-state index in [4.69, 9.17) is 11.6 Å². The lowest BCUT2D eigenvalue weighted by molar-refractivity contribution is -0.389. The molecule has 0 aliphatic rings. The number of aryl methyl sites for hydroxylation is 1. The van der Waals surface area contributed by atoms with Gasteiger partial charge in [-0.1, -0.05) is 17.7 Å². The van der Waals surface area contributed by atoms with Crippen LogP contribution in [0.25, 0.3) is 0 Å². The average molecular weight is 270 g/mol. The molecule has 0 radical (unpaired) electrons. The zero-order valence-electron chi connectivity index (χ0n) is 9.43. The van der Waals surface area contributed by atoms with Crippen molar-refractivity contribution in [1.29, 1.82) is 0 Å². The highest BCUT2D eigenvalue weighted by atomic mass is 35.5. The maximum atomic E-state index is 12.9. The Balaban J connectivity index is 2.29. The molecule has 0 aliphatic heterocycles. The van der Waals surface area contributed by atoms with Crippen molar-refractivity contribution in [1.82, 2.24) is 9.78 Å². The lowest BCUT2D eigenvalue weighted by Gasteiger charge is -2.03. The number of hydrogen-bond acceptors (Lipinski definition) is 3. The van der Waals surface area contributed by atoms with Crippen LogP contribution in [0.15, 0.2) is 24.4 Å². The molecule has 18 heavy (non-hydrogen) atoms. The predicted molar refractivity (Wildman–Crippen MR) is 64.1 cm³/mol. The third-order valence-corrected chi connectivity index (χ3v) is 2.78. The van der Waals surface area contributed by atoms with Gasteiger partial charge in [0.25, 0.3) is 0 Å². The fourth-order valence-electron chi connectivity index (χ4n) is 1.60. The lowest BCUT2D eigenvalue weighted by atomic mass is 10.1. The summed E-state index contributed by atoms with van der Waals surface area (Å²) in [5.74, 6) is -0.697. The van der Waals surface area contributed by atoms with Gasteiger partial charge in [0.05, 0.1) is 17.8 Å². The lowest BCUT2D eigenvalue weighted by Crippen LogP contribution is -2.03. The normalized spacial score (nSPS) is 10.6. The zero-order valence-corrected chi connectivity index (χ0v) is 10.2. The first kappa shape index (κ1) is 12.5. The fraction of sp³-hybridized carbons (Fsp3) is 0.182. The Labute approximate surface area is 107 Å². The molecule has 2 aromatic rings. The molecule has 0 spiro atoms. The molecule has 2 rings (SSSR count). The Hall–Kier alpha value is -1.95. The van der Waals surface area contributed by atoms with Crippen molar-refractivity contribution in [2.24, 2.45) is 0 Å². The molecule has 0 unspecified atom stereocenters. The molecule has 0 fully saturated rings. The molecule has 94 valence electrons. The van der Waals surface area contributed by atoms with E-state index in [1.807, 2.05) is 0 Å². The van der Waals surface area contributed by atoms with E-state index < -0.39 is 4.92 Å². The van der Waals surface area contributed by atoms with Gasteiger partial charge in [-0.05, 0) is 35.1 Å². The second kappa shape index (κ2) is 4.73. The van der Waals surface area contributed by atoms with E-state index in [1.165, 1.54) is 23.0 Å². The van der Waals surface area contributed by atoms with Gasteiger partial charge < -0.3 is 10.1 Å². The number of nitro groups is 1. The van der Waals surface area contributed by atoms with Gasteiger partial charge >= 0.3 is 5.82 Å². The van der Waals surface area contributed by atoms with Crippen LogP contribution in [-0.4, -0.2) is 14.7 Å². The van der Waals surface area contributed by atoms with Gasteiger partial charge in [-0.25, -0.2) is 4.39 Å². The van der Waals surface area contributed by atoms with Crippen LogP contribution < -0.4 is 0 Å². The van der Waals surface area contributed by atoms with Crippen molar-refractivity contribution < 1.29 is 9.31 Å². The van der Waals surface area contributed by atoms with E-state index in [9.17, 15) is 14.5 Å². The quantitative estimate of drug-likeness (QED) is 0.636. The summed E-state index contributed by atoms with van der Waals surface area (Å²) in [5, 5.41) is 14.3.